The van der Waals surface area contributed by atoms with Gasteiger partial charge in [0, 0.05) is 22.2 Å². The van der Waals surface area contributed by atoms with E-state index in [0.717, 1.165) is 21.2 Å². The molecule has 0 saturated carbocycles. The van der Waals surface area contributed by atoms with Crippen LogP contribution in [0, 0.1) is 6.92 Å². The lowest BCUT2D eigenvalue weighted by molar-refractivity contribution is 0.0925. The number of nitrogens with zero attached hydrogens (tertiary/aromatic N) is 2. The Kier molecular flexibility index (Phi) is 5.28. The van der Waals surface area contributed by atoms with Gasteiger partial charge in [-0.3, -0.25) is 14.4 Å². The molecule has 0 radical (unpaired) electrons. The van der Waals surface area contributed by atoms with Crippen LogP contribution in [0.15, 0.2) is 72.1 Å². The monoisotopic (exact) mass is 473 g/mol. The maximum Gasteiger partial charge on any atom is 0.266 e. The van der Waals surface area contributed by atoms with Crippen LogP contribution in [0.1, 0.15) is 36.1 Å². The van der Waals surface area contributed by atoms with Crippen LogP contribution in [-0.2, 0) is 0 Å². The van der Waals surface area contributed by atoms with Crippen molar-refractivity contribution in [2.75, 3.05) is 10.2 Å². The van der Waals surface area contributed by atoms with E-state index >= 15 is 0 Å². The molecule has 0 spiro atoms. The number of para-hydroxylation sites is 1. The molecule has 3 aromatic carbocycles. The molecule has 162 valence electrons. The number of nitrogens with one attached hydrogen (secondary N) is 1. The predicted molar refractivity (Wildman–Crippen MR) is 129 cm³/mol. The molecule has 33 heavy (non-hydrogen) atoms. The fourth-order valence-electron chi connectivity index (χ4n) is 3.66. The highest BCUT2D eigenvalue weighted by Crippen LogP contribution is 2.33. The second-order valence-electron chi connectivity index (χ2n) is 7.44. The lowest BCUT2D eigenvalue weighted by Gasteiger charge is -2.15. The molecule has 0 unspecified atom stereocenters. The molecule has 2 heterocycles. The van der Waals surface area contributed by atoms with Crippen LogP contribution >= 0.6 is 22.9 Å². The molecule has 0 atom stereocenters. The first-order chi connectivity index (χ1) is 15.9. The lowest BCUT2D eigenvalue weighted by atomic mass is 10.1. The Labute approximate surface area is 198 Å². The average Bonchev–Trinajstić information content (AvgIpc) is 3.36. The van der Waals surface area contributed by atoms with E-state index in [2.05, 4.69) is 10.3 Å². The van der Waals surface area contributed by atoms with Crippen molar-refractivity contribution in [1.29, 1.82) is 0 Å². The van der Waals surface area contributed by atoms with Gasteiger partial charge in [-0.05, 0) is 49.4 Å². The van der Waals surface area contributed by atoms with Gasteiger partial charge in [0.05, 0.1) is 32.5 Å². The Morgan fingerprint density at radius 3 is 2.39 bits per heavy atom. The minimum absolute atomic E-state index is 0.168. The number of halogens is 1. The molecule has 8 heteroatoms. The number of aromatic nitrogens is 1. The molecule has 0 fully saturated rings. The molecule has 1 aliphatic rings. The number of hydrogen-bond acceptors (Lipinski definition) is 5. The summed E-state index contributed by atoms with van der Waals surface area (Å²) in [7, 11) is 0. The summed E-state index contributed by atoms with van der Waals surface area (Å²) in [6, 6.07) is 18.5. The minimum atomic E-state index is -0.513. The van der Waals surface area contributed by atoms with Gasteiger partial charge in [0.2, 0.25) is 0 Å². The first-order valence-electron chi connectivity index (χ1n) is 10.0. The summed E-state index contributed by atoms with van der Waals surface area (Å²) in [6.45, 7) is 1.95. The maximum absolute atomic E-state index is 13.0. The van der Waals surface area contributed by atoms with Crippen LogP contribution in [0.3, 0.4) is 0 Å². The molecule has 1 aromatic heterocycles. The van der Waals surface area contributed by atoms with E-state index in [1.54, 1.807) is 47.7 Å². The topological polar surface area (TPSA) is 79.4 Å². The highest BCUT2D eigenvalue weighted by atomic mass is 35.5. The van der Waals surface area contributed by atoms with Crippen molar-refractivity contribution in [3.8, 4) is 11.3 Å². The highest BCUT2D eigenvalue weighted by Gasteiger charge is 2.38. The third kappa shape index (κ3) is 3.82. The summed E-state index contributed by atoms with van der Waals surface area (Å²) in [6.07, 6.45) is 0. The van der Waals surface area contributed by atoms with Gasteiger partial charge in [-0.15, -0.1) is 11.3 Å². The zero-order valence-corrected chi connectivity index (χ0v) is 18.9. The third-order valence-electron chi connectivity index (χ3n) is 5.30. The van der Waals surface area contributed by atoms with Crippen LogP contribution in [0.25, 0.3) is 11.3 Å². The van der Waals surface area contributed by atoms with E-state index in [4.69, 9.17) is 11.6 Å². The number of thiazole rings is 1. The van der Waals surface area contributed by atoms with Crippen molar-refractivity contribution in [3.63, 3.8) is 0 Å². The number of carbonyl (C=O) groups excluding carboxylic acids is 3. The van der Waals surface area contributed by atoms with Crippen molar-refractivity contribution < 1.29 is 14.4 Å². The average molecular weight is 474 g/mol. The predicted octanol–water partition coefficient (Wildman–Crippen LogP) is 5.82. The normalized spacial score (nSPS) is 12.7. The first-order valence-corrected chi connectivity index (χ1v) is 11.3. The van der Waals surface area contributed by atoms with E-state index in [9.17, 15) is 14.4 Å². The number of anilines is 2. The fourth-order valence-corrected chi connectivity index (χ4v) is 4.50. The summed E-state index contributed by atoms with van der Waals surface area (Å²) in [5.41, 5.74) is 3.44. The Hall–Kier alpha value is -3.81. The third-order valence-corrected chi connectivity index (χ3v) is 6.39. The van der Waals surface area contributed by atoms with E-state index in [1.165, 1.54) is 18.2 Å². The van der Waals surface area contributed by atoms with Crippen LogP contribution in [0.4, 0.5) is 11.4 Å². The molecule has 4 aromatic rings. The molecule has 0 saturated heterocycles. The molecule has 6 nitrogen and oxygen atoms in total. The summed E-state index contributed by atoms with van der Waals surface area (Å²) in [5, 5.41) is 6.09. The van der Waals surface area contributed by atoms with Gasteiger partial charge in [0.1, 0.15) is 0 Å². The zero-order valence-electron chi connectivity index (χ0n) is 17.3. The number of imide groups is 1. The molecule has 0 bridgehead atoms. The van der Waals surface area contributed by atoms with E-state index in [1.807, 2.05) is 24.4 Å². The van der Waals surface area contributed by atoms with Gasteiger partial charge in [0.25, 0.3) is 17.7 Å². The molecule has 0 aliphatic carbocycles. The Morgan fingerprint density at radius 2 is 1.70 bits per heavy atom. The van der Waals surface area contributed by atoms with Gasteiger partial charge in [-0.25, -0.2) is 9.88 Å². The smallest absolute Gasteiger partial charge is 0.266 e. The lowest BCUT2D eigenvalue weighted by Crippen LogP contribution is -2.29. The van der Waals surface area contributed by atoms with Crippen LogP contribution in [0.5, 0.6) is 0 Å². The number of amides is 3. The Bertz CT molecular complexity index is 1430. The van der Waals surface area contributed by atoms with Crippen molar-refractivity contribution >= 4 is 52.0 Å². The second-order valence-corrected chi connectivity index (χ2v) is 8.91. The van der Waals surface area contributed by atoms with Gasteiger partial charge in [-0.1, -0.05) is 35.9 Å². The van der Waals surface area contributed by atoms with Crippen molar-refractivity contribution in [2.24, 2.45) is 0 Å². The molecule has 1 N–H and O–H groups in total. The molecule has 5 rings (SSSR count). The molecule has 1 aliphatic heterocycles. The van der Waals surface area contributed by atoms with Gasteiger partial charge in [0.15, 0.2) is 0 Å². The van der Waals surface area contributed by atoms with Gasteiger partial charge in [-0.2, -0.15) is 0 Å². The van der Waals surface area contributed by atoms with Crippen molar-refractivity contribution in [1.82, 2.24) is 4.98 Å². The van der Waals surface area contributed by atoms with Crippen LogP contribution in [-0.4, -0.2) is 22.7 Å². The molecular weight excluding hydrogens is 458 g/mol. The SMILES string of the molecule is Cc1nc(-c2ccc(NC(=O)c3ccc4c(c3)C(=O)N(c3ccccc3Cl)C4=O)cc2)cs1. The number of hydrogen-bond donors (Lipinski definition) is 1. The number of fused-ring (bicyclic) bond motifs is 1. The molecular formula is C25H16ClN3O3S. The van der Waals surface area contributed by atoms with E-state index in [0.29, 0.717) is 16.4 Å². The van der Waals surface area contributed by atoms with E-state index in [-0.39, 0.29) is 22.6 Å². The van der Waals surface area contributed by atoms with Crippen LogP contribution in [0.2, 0.25) is 5.02 Å². The zero-order chi connectivity index (χ0) is 23.1. The van der Waals surface area contributed by atoms with Crippen molar-refractivity contribution in [2.45, 2.75) is 6.92 Å². The first kappa shape index (κ1) is 21.1. The summed E-state index contributed by atoms with van der Waals surface area (Å²) >= 11 is 7.77. The second kappa shape index (κ2) is 8.27. The fraction of sp³-hybridized carbons (Fsp3) is 0.0400. The van der Waals surface area contributed by atoms with Gasteiger partial charge >= 0.3 is 0 Å². The number of benzene rings is 3. The maximum atomic E-state index is 13.0. The van der Waals surface area contributed by atoms with Crippen LogP contribution < -0.4 is 10.2 Å². The number of carbonyl (C=O) groups is 3. The quantitative estimate of drug-likeness (QED) is 0.378. The number of rotatable bonds is 4. The van der Waals surface area contributed by atoms with Gasteiger partial charge < -0.3 is 5.32 Å². The van der Waals surface area contributed by atoms with Crippen molar-refractivity contribution in [3.05, 3.63) is 98.8 Å². The summed E-state index contributed by atoms with van der Waals surface area (Å²) < 4.78 is 0. The molecule has 3 amide bonds. The standard InChI is InChI=1S/C25H16ClN3O3S/c1-14-27-21(13-33-14)15-6-9-17(10-7-15)28-23(30)16-8-11-18-19(12-16)25(32)29(24(18)31)22-5-3-2-4-20(22)26/h2-13H,1H3,(H,28,30). The summed E-state index contributed by atoms with van der Waals surface area (Å²) in [4.78, 5) is 44.1. The Morgan fingerprint density at radius 1 is 0.970 bits per heavy atom. The summed E-state index contributed by atoms with van der Waals surface area (Å²) in [5.74, 6) is -1.37. The largest absolute Gasteiger partial charge is 0.322 e. The number of aryl methyl sites for hydroxylation is 1. The van der Waals surface area contributed by atoms with E-state index < -0.39 is 11.8 Å². The highest BCUT2D eigenvalue weighted by molar-refractivity contribution is 7.09. The minimum Gasteiger partial charge on any atom is -0.322 e. The Balaban J connectivity index is 1.37.